The van der Waals surface area contributed by atoms with Crippen LogP contribution in [0, 0.1) is 0 Å². The molecule has 0 aromatic rings. The van der Waals surface area contributed by atoms with E-state index in [-0.39, 0.29) is 18.1 Å². The maximum Gasteiger partial charge on any atom is 0.252 e. The van der Waals surface area contributed by atoms with Crippen molar-refractivity contribution in [1.29, 1.82) is 0 Å². The molecule has 5 nitrogen and oxygen atoms in total. The summed E-state index contributed by atoms with van der Waals surface area (Å²) in [6.07, 6.45) is 5.42. The molecule has 0 radical (unpaired) electrons. The summed E-state index contributed by atoms with van der Waals surface area (Å²) in [6.45, 7) is 5.79. The number of hydrogen-bond donors (Lipinski definition) is 1. The number of ether oxygens (including phenoxy) is 1. The summed E-state index contributed by atoms with van der Waals surface area (Å²) in [7, 11) is 0. The number of piperidine rings is 1. The molecule has 2 unspecified atom stereocenters. The third-order valence-corrected chi connectivity index (χ3v) is 5.12. The van der Waals surface area contributed by atoms with Crippen molar-refractivity contribution in [3.8, 4) is 0 Å². The van der Waals surface area contributed by atoms with Gasteiger partial charge < -0.3 is 15.4 Å². The van der Waals surface area contributed by atoms with Crippen LogP contribution in [0.4, 0.5) is 0 Å². The monoisotopic (exact) mass is 281 g/mol. The predicted molar refractivity (Wildman–Crippen MR) is 77.3 cm³/mol. The van der Waals surface area contributed by atoms with Crippen LogP contribution in [0.2, 0.25) is 0 Å². The van der Waals surface area contributed by atoms with E-state index in [0.717, 1.165) is 25.9 Å². The van der Waals surface area contributed by atoms with Crippen LogP contribution < -0.4 is 5.73 Å². The van der Waals surface area contributed by atoms with Crippen molar-refractivity contribution in [2.45, 2.75) is 63.3 Å². The number of carbonyl (C=O) groups is 1. The summed E-state index contributed by atoms with van der Waals surface area (Å²) in [5, 5.41) is 0. The second-order valence-electron chi connectivity index (χ2n) is 6.54. The first-order chi connectivity index (χ1) is 9.69. The smallest absolute Gasteiger partial charge is 0.252 e. The second-order valence-corrected chi connectivity index (χ2v) is 6.54. The number of fused-ring (bicyclic) bond motifs is 1. The van der Waals surface area contributed by atoms with Crippen LogP contribution in [0.25, 0.3) is 0 Å². The van der Waals surface area contributed by atoms with E-state index < -0.39 is 0 Å². The molecule has 3 rings (SSSR count). The minimum Gasteiger partial charge on any atom is -0.364 e. The van der Waals surface area contributed by atoms with Gasteiger partial charge in [-0.15, -0.1) is 0 Å². The fourth-order valence-corrected chi connectivity index (χ4v) is 3.90. The standard InChI is InChI=1S/C15H27N3O2/c1-11-9-17-7-3-2-4-12(17)10-18(11)15(19)14-6-5-13(8-16)20-14/h11-14H,2-10,16H2,1H3/t11?,12?,13-,14+/m1/s1. The van der Waals surface area contributed by atoms with E-state index in [4.69, 9.17) is 10.5 Å². The van der Waals surface area contributed by atoms with Crippen molar-refractivity contribution < 1.29 is 9.53 Å². The van der Waals surface area contributed by atoms with Gasteiger partial charge in [-0.1, -0.05) is 6.42 Å². The zero-order valence-electron chi connectivity index (χ0n) is 12.5. The number of nitrogens with zero attached hydrogens (tertiary/aromatic N) is 2. The Kier molecular flexibility index (Phi) is 4.29. The quantitative estimate of drug-likeness (QED) is 0.804. The van der Waals surface area contributed by atoms with E-state index in [9.17, 15) is 4.79 Å². The van der Waals surface area contributed by atoms with Crippen LogP contribution in [0.15, 0.2) is 0 Å². The number of hydrogen-bond acceptors (Lipinski definition) is 4. The van der Waals surface area contributed by atoms with Crippen molar-refractivity contribution >= 4 is 5.91 Å². The Morgan fingerprint density at radius 1 is 1.25 bits per heavy atom. The molecular formula is C15H27N3O2. The molecule has 3 fully saturated rings. The third-order valence-electron chi connectivity index (χ3n) is 5.12. The van der Waals surface area contributed by atoms with Gasteiger partial charge in [0.1, 0.15) is 6.10 Å². The van der Waals surface area contributed by atoms with E-state index in [2.05, 4.69) is 16.7 Å². The highest BCUT2D eigenvalue weighted by molar-refractivity contribution is 5.81. The Morgan fingerprint density at radius 3 is 2.85 bits per heavy atom. The van der Waals surface area contributed by atoms with Crippen molar-refractivity contribution in [3.63, 3.8) is 0 Å². The van der Waals surface area contributed by atoms with Gasteiger partial charge in [-0.05, 0) is 39.2 Å². The van der Waals surface area contributed by atoms with Crippen LogP contribution >= 0.6 is 0 Å². The summed E-state index contributed by atoms with van der Waals surface area (Å²) in [6, 6.07) is 0.869. The Morgan fingerprint density at radius 2 is 2.10 bits per heavy atom. The molecule has 5 heteroatoms. The second kappa shape index (κ2) is 6.00. The molecule has 2 N–H and O–H groups in total. The zero-order chi connectivity index (χ0) is 14.1. The van der Waals surface area contributed by atoms with Crippen molar-refractivity contribution in [3.05, 3.63) is 0 Å². The molecule has 1 amide bonds. The summed E-state index contributed by atoms with van der Waals surface area (Å²) in [4.78, 5) is 17.3. The van der Waals surface area contributed by atoms with Gasteiger partial charge >= 0.3 is 0 Å². The molecule has 3 heterocycles. The van der Waals surface area contributed by atoms with E-state index in [1.54, 1.807) is 0 Å². The SMILES string of the molecule is CC1CN2CCCCC2CN1C(=O)[C@@H]1CC[C@H](CN)O1. The average molecular weight is 281 g/mol. The number of amides is 1. The van der Waals surface area contributed by atoms with E-state index in [0.29, 0.717) is 18.6 Å². The zero-order valence-corrected chi connectivity index (χ0v) is 12.5. The van der Waals surface area contributed by atoms with Crippen molar-refractivity contribution in [2.24, 2.45) is 5.73 Å². The maximum absolute atomic E-state index is 12.7. The first-order valence-electron chi connectivity index (χ1n) is 8.09. The van der Waals surface area contributed by atoms with Crippen LogP contribution in [-0.2, 0) is 9.53 Å². The molecular weight excluding hydrogens is 254 g/mol. The first-order valence-corrected chi connectivity index (χ1v) is 8.09. The Hall–Kier alpha value is -0.650. The van der Waals surface area contributed by atoms with E-state index >= 15 is 0 Å². The minimum atomic E-state index is -0.249. The van der Waals surface area contributed by atoms with Gasteiger partial charge in [0.15, 0.2) is 0 Å². The molecule has 3 aliphatic rings. The molecule has 114 valence electrons. The topological polar surface area (TPSA) is 58.8 Å². The highest BCUT2D eigenvalue weighted by Gasteiger charge is 2.39. The maximum atomic E-state index is 12.7. The lowest BCUT2D eigenvalue weighted by Crippen LogP contribution is -2.61. The highest BCUT2D eigenvalue weighted by Crippen LogP contribution is 2.27. The number of piperazine rings is 1. The van der Waals surface area contributed by atoms with Gasteiger partial charge in [0, 0.05) is 31.7 Å². The largest absolute Gasteiger partial charge is 0.364 e. The van der Waals surface area contributed by atoms with Gasteiger partial charge in [0.25, 0.3) is 5.91 Å². The third kappa shape index (κ3) is 2.71. The lowest BCUT2D eigenvalue weighted by atomic mass is 9.96. The lowest BCUT2D eigenvalue weighted by molar-refractivity contribution is -0.149. The van der Waals surface area contributed by atoms with E-state index in [1.807, 2.05) is 0 Å². The van der Waals surface area contributed by atoms with Crippen LogP contribution in [0.3, 0.4) is 0 Å². The number of nitrogens with two attached hydrogens (primary N) is 1. The van der Waals surface area contributed by atoms with Gasteiger partial charge in [0.05, 0.1) is 6.10 Å². The molecule has 0 bridgehead atoms. The molecule has 0 aliphatic carbocycles. The van der Waals surface area contributed by atoms with Crippen molar-refractivity contribution in [2.75, 3.05) is 26.2 Å². The summed E-state index contributed by atoms with van der Waals surface area (Å²) in [5.41, 5.74) is 5.63. The van der Waals surface area contributed by atoms with Crippen LogP contribution in [-0.4, -0.2) is 66.2 Å². The Labute approximate surface area is 121 Å². The Bertz CT molecular complexity index is 363. The van der Waals surface area contributed by atoms with Gasteiger partial charge in [0.2, 0.25) is 0 Å². The van der Waals surface area contributed by atoms with E-state index in [1.165, 1.54) is 25.8 Å². The van der Waals surface area contributed by atoms with Gasteiger partial charge in [-0.2, -0.15) is 0 Å². The van der Waals surface area contributed by atoms with Gasteiger partial charge in [-0.3, -0.25) is 9.69 Å². The summed E-state index contributed by atoms with van der Waals surface area (Å²) >= 11 is 0. The van der Waals surface area contributed by atoms with Gasteiger partial charge in [-0.25, -0.2) is 0 Å². The first kappa shape index (κ1) is 14.3. The van der Waals surface area contributed by atoms with Crippen LogP contribution in [0.5, 0.6) is 0 Å². The number of carbonyl (C=O) groups excluding carboxylic acids is 1. The molecule has 0 spiro atoms. The molecule has 4 atom stereocenters. The Balaban J connectivity index is 1.62. The molecule has 0 aromatic heterocycles. The molecule has 3 aliphatic heterocycles. The van der Waals surface area contributed by atoms with Crippen LogP contribution in [0.1, 0.15) is 39.0 Å². The normalized spacial score (nSPS) is 38.8. The predicted octanol–water partition coefficient (Wildman–Crippen LogP) is 0.578. The average Bonchev–Trinajstić information content (AvgIpc) is 2.94. The van der Waals surface area contributed by atoms with Crippen molar-refractivity contribution in [1.82, 2.24) is 9.80 Å². The number of rotatable bonds is 2. The molecule has 3 saturated heterocycles. The fourth-order valence-electron chi connectivity index (χ4n) is 3.90. The minimum absolute atomic E-state index is 0.0789. The molecule has 20 heavy (non-hydrogen) atoms. The summed E-state index contributed by atoms with van der Waals surface area (Å²) in [5.74, 6) is 0.193. The highest BCUT2D eigenvalue weighted by atomic mass is 16.5. The molecule has 0 aromatic carbocycles. The summed E-state index contributed by atoms with van der Waals surface area (Å²) < 4.78 is 5.78. The fraction of sp³-hybridized carbons (Fsp3) is 0.933. The lowest BCUT2D eigenvalue weighted by Gasteiger charge is -2.48. The molecule has 0 saturated carbocycles.